The molecule has 0 bridgehead atoms. The lowest BCUT2D eigenvalue weighted by atomic mass is 9.99. The number of nitrogens with one attached hydrogen (secondary N) is 1. The van der Waals surface area contributed by atoms with Gasteiger partial charge in [0.25, 0.3) is 0 Å². The van der Waals surface area contributed by atoms with Gasteiger partial charge in [-0.3, -0.25) is 0 Å². The summed E-state index contributed by atoms with van der Waals surface area (Å²) in [6, 6.07) is 15.7. The third-order valence-corrected chi connectivity index (χ3v) is 4.32. The Bertz CT molecular complexity index is 610. The molecule has 4 nitrogen and oxygen atoms in total. The van der Waals surface area contributed by atoms with Gasteiger partial charge in [0.1, 0.15) is 11.5 Å². The maximum atomic E-state index is 10.6. The van der Waals surface area contributed by atoms with Crippen molar-refractivity contribution in [3.63, 3.8) is 0 Å². The van der Waals surface area contributed by atoms with Crippen LogP contribution in [0.25, 0.3) is 0 Å². The van der Waals surface area contributed by atoms with Gasteiger partial charge in [-0.2, -0.15) is 0 Å². The average Bonchev–Trinajstić information content (AvgIpc) is 2.65. The highest BCUT2D eigenvalue weighted by Crippen LogP contribution is 2.25. The number of aliphatic hydroxyl groups excluding tert-OH is 1. The summed E-state index contributed by atoms with van der Waals surface area (Å²) in [5, 5.41) is 14.1. The van der Waals surface area contributed by atoms with E-state index in [-0.39, 0.29) is 12.1 Å². The number of hydrogen-bond acceptors (Lipinski definition) is 4. The molecule has 2 aromatic carbocycles. The highest BCUT2D eigenvalue weighted by Gasteiger charge is 2.20. The lowest BCUT2D eigenvalue weighted by Gasteiger charge is -2.27. The summed E-state index contributed by atoms with van der Waals surface area (Å²) in [6.45, 7) is 4.13. The number of benzene rings is 2. The smallest absolute Gasteiger partial charge is 0.118 e. The molecule has 0 aliphatic carbocycles. The number of aliphatic hydroxyl groups is 1. The Kier molecular flexibility index (Phi) is 6.64. The molecule has 0 aliphatic heterocycles. The first-order valence-corrected chi connectivity index (χ1v) is 8.31. The van der Waals surface area contributed by atoms with E-state index < -0.39 is 6.10 Å². The van der Waals surface area contributed by atoms with Gasteiger partial charge in [0.2, 0.25) is 0 Å². The maximum Gasteiger partial charge on any atom is 0.118 e. The Morgan fingerprint density at radius 3 is 1.75 bits per heavy atom. The molecule has 4 heteroatoms. The second-order valence-electron chi connectivity index (χ2n) is 5.91. The molecular formula is C20H27NO3. The van der Waals surface area contributed by atoms with Crippen molar-refractivity contribution in [3.8, 4) is 11.5 Å². The fourth-order valence-corrected chi connectivity index (χ4v) is 2.78. The van der Waals surface area contributed by atoms with E-state index >= 15 is 0 Å². The van der Waals surface area contributed by atoms with Crippen molar-refractivity contribution < 1.29 is 14.6 Å². The Labute approximate surface area is 144 Å². The van der Waals surface area contributed by atoms with Crippen molar-refractivity contribution in [2.45, 2.75) is 38.5 Å². The highest BCUT2D eigenvalue weighted by atomic mass is 16.5. The molecule has 0 aromatic heterocycles. The van der Waals surface area contributed by atoms with Gasteiger partial charge in [0, 0.05) is 12.1 Å². The molecule has 0 heterocycles. The molecule has 0 fully saturated rings. The minimum Gasteiger partial charge on any atom is -0.497 e. The minimum atomic E-state index is -0.580. The molecule has 0 saturated heterocycles. The second-order valence-corrected chi connectivity index (χ2v) is 5.91. The number of hydrogen-bond donors (Lipinski definition) is 2. The highest BCUT2D eigenvalue weighted by molar-refractivity contribution is 5.30. The van der Waals surface area contributed by atoms with Crippen molar-refractivity contribution in [2.24, 2.45) is 0 Å². The standard InChI is InChI=1S/C20H27NO3/c1-5-19(15-6-10-17(23-3)11-7-15)21-14(2)20(22)16-8-12-18(24-4)13-9-16/h6-14,19-22H,5H2,1-4H3. The first-order valence-electron chi connectivity index (χ1n) is 8.31. The van der Waals surface area contributed by atoms with Crippen LogP contribution in [0.1, 0.15) is 43.5 Å². The van der Waals surface area contributed by atoms with Crippen LogP contribution < -0.4 is 14.8 Å². The molecule has 2 rings (SSSR count). The topological polar surface area (TPSA) is 50.7 Å². The van der Waals surface area contributed by atoms with Gasteiger partial charge in [-0.1, -0.05) is 31.2 Å². The molecule has 3 unspecified atom stereocenters. The first-order chi connectivity index (χ1) is 11.6. The molecule has 3 atom stereocenters. The monoisotopic (exact) mass is 329 g/mol. The minimum absolute atomic E-state index is 0.0783. The van der Waals surface area contributed by atoms with E-state index in [1.54, 1.807) is 14.2 Å². The summed E-state index contributed by atoms with van der Waals surface area (Å²) in [5.41, 5.74) is 2.06. The summed E-state index contributed by atoms with van der Waals surface area (Å²) >= 11 is 0. The van der Waals surface area contributed by atoms with Crippen LogP contribution >= 0.6 is 0 Å². The summed E-state index contributed by atoms with van der Waals surface area (Å²) in [7, 11) is 3.30. The zero-order valence-corrected chi connectivity index (χ0v) is 14.8. The van der Waals surface area contributed by atoms with E-state index in [4.69, 9.17) is 9.47 Å². The van der Waals surface area contributed by atoms with Crippen LogP contribution in [0.5, 0.6) is 11.5 Å². The van der Waals surface area contributed by atoms with Crippen LogP contribution in [0, 0.1) is 0 Å². The first kappa shape index (κ1) is 18.3. The summed E-state index contributed by atoms with van der Waals surface area (Å²) in [4.78, 5) is 0. The second kappa shape index (κ2) is 8.71. The Morgan fingerprint density at radius 1 is 0.875 bits per heavy atom. The van der Waals surface area contributed by atoms with E-state index in [1.807, 2.05) is 43.3 Å². The summed E-state index contributed by atoms with van der Waals surface area (Å²) in [6.07, 6.45) is 0.356. The van der Waals surface area contributed by atoms with E-state index in [0.29, 0.717) is 0 Å². The van der Waals surface area contributed by atoms with Crippen molar-refractivity contribution in [1.82, 2.24) is 5.32 Å². The normalized spacial score (nSPS) is 14.7. The molecule has 0 radical (unpaired) electrons. The fraction of sp³-hybridized carbons (Fsp3) is 0.400. The van der Waals surface area contributed by atoms with Crippen LogP contribution in [0.4, 0.5) is 0 Å². The van der Waals surface area contributed by atoms with E-state index in [2.05, 4.69) is 24.4 Å². The lowest BCUT2D eigenvalue weighted by molar-refractivity contribution is 0.129. The molecule has 24 heavy (non-hydrogen) atoms. The average molecular weight is 329 g/mol. The van der Waals surface area contributed by atoms with Gasteiger partial charge in [0.15, 0.2) is 0 Å². The van der Waals surface area contributed by atoms with Crippen LogP contribution in [-0.2, 0) is 0 Å². The zero-order chi connectivity index (χ0) is 17.5. The van der Waals surface area contributed by atoms with Gasteiger partial charge in [-0.25, -0.2) is 0 Å². The molecule has 0 aliphatic rings. The summed E-state index contributed by atoms with van der Waals surface area (Å²) < 4.78 is 10.4. The zero-order valence-electron chi connectivity index (χ0n) is 14.8. The summed E-state index contributed by atoms with van der Waals surface area (Å²) in [5.74, 6) is 1.64. The predicted octanol–water partition coefficient (Wildman–Crippen LogP) is 3.87. The maximum absolute atomic E-state index is 10.6. The van der Waals surface area contributed by atoms with Gasteiger partial charge in [-0.05, 0) is 48.7 Å². The fourth-order valence-electron chi connectivity index (χ4n) is 2.78. The van der Waals surface area contributed by atoms with Crippen LogP contribution in [0.15, 0.2) is 48.5 Å². The predicted molar refractivity (Wildman–Crippen MR) is 96.6 cm³/mol. The van der Waals surface area contributed by atoms with E-state index in [0.717, 1.165) is 23.5 Å². The van der Waals surface area contributed by atoms with Crippen molar-refractivity contribution in [3.05, 3.63) is 59.7 Å². The van der Waals surface area contributed by atoms with Crippen LogP contribution in [-0.4, -0.2) is 25.4 Å². The molecule has 0 saturated carbocycles. The number of methoxy groups -OCH3 is 2. The van der Waals surface area contributed by atoms with Gasteiger partial charge in [-0.15, -0.1) is 0 Å². The number of rotatable bonds is 8. The Hall–Kier alpha value is -2.04. The molecule has 2 N–H and O–H groups in total. The third kappa shape index (κ3) is 4.49. The molecule has 2 aromatic rings. The lowest BCUT2D eigenvalue weighted by Crippen LogP contribution is -2.35. The quantitative estimate of drug-likeness (QED) is 0.772. The van der Waals surface area contributed by atoms with Crippen molar-refractivity contribution in [1.29, 1.82) is 0 Å². The van der Waals surface area contributed by atoms with Gasteiger partial charge >= 0.3 is 0 Å². The molecule has 130 valence electrons. The van der Waals surface area contributed by atoms with Gasteiger partial charge in [0.05, 0.1) is 20.3 Å². The Morgan fingerprint density at radius 2 is 1.33 bits per heavy atom. The molecular weight excluding hydrogens is 302 g/mol. The van der Waals surface area contributed by atoms with E-state index in [9.17, 15) is 5.11 Å². The largest absolute Gasteiger partial charge is 0.497 e. The number of ether oxygens (including phenoxy) is 2. The van der Waals surface area contributed by atoms with Crippen molar-refractivity contribution >= 4 is 0 Å². The SMILES string of the molecule is CCC(NC(C)C(O)c1ccc(OC)cc1)c1ccc(OC)cc1. The van der Waals surface area contributed by atoms with Crippen LogP contribution in [0.3, 0.4) is 0 Å². The Balaban J connectivity index is 2.05. The third-order valence-electron chi connectivity index (χ3n) is 4.32. The van der Waals surface area contributed by atoms with Crippen LogP contribution in [0.2, 0.25) is 0 Å². The molecule has 0 amide bonds. The van der Waals surface area contributed by atoms with Crippen molar-refractivity contribution in [2.75, 3.05) is 14.2 Å². The molecule has 0 spiro atoms. The van der Waals surface area contributed by atoms with E-state index in [1.165, 1.54) is 5.56 Å². The van der Waals surface area contributed by atoms with Gasteiger partial charge < -0.3 is 19.9 Å².